The summed E-state index contributed by atoms with van der Waals surface area (Å²) in [6.45, 7) is 5.50. The number of halogens is 4. The molecule has 5 unspecified atom stereocenters. The van der Waals surface area contributed by atoms with Gasteiger partial charge in [-0.05, 0) is 50.9 Å². The predicted molar refractivity (Wildman–Crippen MR) is 114 cm³/mol. The van der Waals surface area contributed by atoms with Gasteiger partial charge in [-0.1, -0.05) is 0 Å². The van der Waals surface area contributed by atoms with E-state index in [-0.39, 0.29) is 18.4 Å². The third kappa shape index (κ3) is 5.67. The van der Waals surface area contributed by atoms with Crippen molar-refractivity contribution in [2.24, 2.45) is 23.7 Å². The van der Waals surface area contributed by atoms with E-state index < -0.39 is 17.5 Å². The Kier molecular flexibility index (Phi) is 7.70. The van der Waals surface area contributed by atoms with Crippen LogP contribution in [0.2, 0.25) is 0 Å². The summed E-state index contributed by atoms with van der Waals surface area (Å²) in [5.41, 5.74) is 6.84. The van der Waals surface area contributed by atoms with Crippen LogP contribution in [0.1, 0.15) is 44.9 Å². The quantitative estimate of drug-likeness (QED) is 0.629. The van der Waals surface area contributed by atoms with Gasteiger partial charge in [-0.3, -0.25) is 15.8 Å². The zero-order valence-corrected chi connectivity index (χ0v) is 18.8. The van der Waals surface area contributed by atoms with E-state index in [4.69, 9.17) is 16.9 Å². The number of rotatable bonds is 4. The molecule has 0 spiro atoms. The van der Waals surface area contributed by atoms with Crippen LogP contribution in [0.4, 0.5) is 13.2 Å². The lowest BCUT2D eigenvalue weighted by Gasteiger charge is -2.44. The first kappa shape index (κ1) is 23.6. The average Bonchev–Trinajstić information content (AvgIpc) is 3.22. The summed E-state index contributed by atoms with van der Waals surface area (Å²) in [5.74, 6) is 0.00817. The topological polar surface area (TPSA) is 54.3 Å². The van der Waals surface area contributed by atoms with E-state index in [0.717, 1.165) is 71.4 Å². The van der Waals surface area contributed by atoms with Gasteiger partial charge < -0.3 is 4.90 Å². The van der Waals surface area contributed by atoms with Crippen molar-refractivity contribution in [2.75, 3.05) is 39.3 Å². The molecule has 5 atom stereocenters. The van der Waals surface area contributed by atoms with Crippen molar-refractivity contribution in [3.63, 3.8) is 0 Å². The number of piperazine rings is 1. The standard InChI is InChI=1S/C22H35ClF3N5/c23-20-6-5-18(11-19(20)22(24,25)26)31-9-7-30(8-10-31)14-17-13-28-29-21(17)16-3-1-15(12-27)2-4-16/h15-21,28-29H,1-11,13-14H2. The first-order valence-electron chi connectivity index (χ1n) is 11.9. The number of nitriles is 1. The van der Waals surface area contributed by atoms with Crippen molar-refractivity contribution in [3.8, 4) is 6.07 Å². The zero-order chi connectivity index (χ0) is 22.0. The lowest BCUT2D eigenvalue weighted by Crippen LogP contribution is -2.54. The maximum absolute atomic E-state index is 13.3. The number of hydrogen-bond donors (Lipinski definition) is 2. The van der Waals surface area contributed by atoms with Gasteiger partial charge >= 0.3 is 6.18 Å². The molecule has 0 aromatic carbocycles. The van der Waals surface area contributed by atoms with Crippen molar-refractivity contribution < 1.29 is 13.2 Å². The monoisotopic (exact) mass is 461 g/mol. The highest BCUT2D eigenvalue weighted by molar-refractivity contribution is 6.20. The van der Waals surface area contributed by atoms with Crippen molar-refractivity contribution in [2.45, 2.75) is 68.6 Å². The Labute approximate surface area is 188 Å². The van der Waals surface area contributed by atoms with E-state index in [1.165, 1.54) is 0 Å². The van der Waals surface area contributed by atoms with Crippen molar-refractivity contribution in [1.82, 2.24) is 20.7 Å². The van der Waals surface area contributed by atoms with E-state index in [1.54, 1.807) is 0 Å². The van der Waals surface area contributed by atoms with Crippen LogP contribution in [0.5, 0.6) is 0 Å². The second kappa shape index (κ2) is 10.1. The number of nitrogens with one attached hydrogen (secondary N) is 2. The molecule has 2 saturated heterocycles. The minimum Gasteiger partial charge on any atom is -0.300 e. The van der Waals surface area contributed by atoms with Gasteiger partial charge in [0.25, 0.3) is 0 Å². The first-order valence-corrected chi connectivity index (χ1v) is 12.3. The molecule has 0 amide bonds. The van der Waals surface area contributed by atoms with E-state index >= 15 is 0 Å². The highest BCUT2D eigenvalue weighted by Crippen LogP contribution is 2.42. The Morgan fingerprint density at radius 1 is 1.00 bits per heavy atom. The minimum absolute atomic E-state index is 0.00153. The zero-order valence-electron chi connectivity index (χ0n) is 18.1. The first-order chi connectivity index (χ1) is 14.8. The molecule has 9 heteroatoms. The molecule has 4 fully saturated rings. The highest BCUT2D eigenvalue weighted by Gasteiger charge is 2.48. The number of hydrogen-bond acceptors (Lipinski definition) is 5. The van der Waals surface area contributed by atoms with Gasteiger partial charge in [0, 0.05) is 68.6 Å². The van der Waals surface area contributed by atoms with Crippen LogP contribution in [0.3, 0.4) is 0 Å². The Bertz CT molecular complexity index is 626. The van der Waals surface area contributed by atoms with Crippen LogP contribution in [-0.4, -0.2) is 72.7 Å². The smallest absolute Gasteiger partial charge is 0.300 e. The van der Waals surface area contributed by atoms with Gasteiger partial charge in [0.1, 0.15) is 0 Å². The Balaban J connectivity index is 1.24. The lowest BCUT2D eigenvalue weighted by atomic mass is 9.76. The number of nitrogens with zero attached hydrogens (tertiary/aromatic N) is 3. The van der Waals surface area contributed by atoms with Crippen LogP contribution in [0, 0.1) is 35.0 Å². The van der Waals surface area contributed by atoms with Crippen LogP contribution in [-0.2, 0) is 0 Å². The van der Waals surface area contributed by atoms with E-state index in [0.29, 0.717) is 24.3 Å². The molecule has 0 aromatic heterocycles. The Morgan fingerprint density at radius 3 is 2.35 bits per heavy atom. The third-order valence-corrected chi connectivity index (χ3v) is 8.70. The second-order valence-electron chi connectivity index (χ2n) is 10.0. The lowest BCUT2D eigenvalue weighted by molar-refractivity contribution is -0.185. The van der Waals surface area contributed by atoms with Crippen LogP contribution < -0.4 is 10.9 Å². The molecule has 0 aromatic rings. The van der Waals surface area contributed by atoms with Gasteiger partial charge in [-0.15, -0.1) is 11.6 Å². The second-order valence-corrected chi connectivity index (χ2v) is 10.6. The fourth-order valence-corrected chi connectivity index (χ4v) is 6.64. The molecular weight excluding hydrogens is 427 g/mol. The fraction of sp³-hybridized carbons (Fsp3) is 0.955. The van der Waals surface area contributed by atoms with Crippen LogP contribution in [0.15, 0.2) is 0 Å². The van der Waals surface area contributed by atoms with Crippen molar-refractivity contribution in [3.05, 3.63) is 0 Å². The van der Waals surface area contributed by atoms with Crippen molar-refractivity contribution in [1.29, 1.82) is 5.26 Å². The molecule has 4 rings (SSSR count). The van der Waals surface area contributed by atoms with E-state index in [9.17, 15) is 13.2 Å². The van der Waals surface area contributed by atoms with Crippen LogP contribution in [0.25, 0.3) is 0 Å². The minimum atomic E-state index is -4.20. The Morgan fingerprint density at radius 2 is 1.71 bits per heavy atom. The molecule has 2 heterocycles. The molecule has 5 nitrogen and oxygen atoms in total. The fourth-order valence-electron chi connectivity index (χ4n) is 6.27. The highest BCUT2D eigenvalue weighted by atomic mass is 35.5. The maximum Gasteiger partial charge on any atom is 0.393 e. The molecule has 4 aliphatic rings. The molecule has 2 saturated carbocycles. The number of alkyl halides is 4. The Hall–Kier alpha value is -0.590. The average molecular weight is 462 g/mol. The van der Waals surface area contributed by atoms with Crippen molar-refractivity contribution >= 4 is 11.6 Å². The molecule has 0 bridgehead atoms. The van der Waals surface area contributed by atoms with E-state index in [1.807, 2.05) is 0 Å². The summed E-state index contributed by atoms with van der Waals surface area (Å²) in [7, 11) is 0. The molecule has 2 N–H and O–H groups in total. The SMILES string of the molecule is N#CC1CCC(C2NNCC2CN2CCN(C3CCC(Cl)C(C(F)(F)F)C3)CC2)CC1. The largest absolute Gasteiger partial charge is 0.393 e. The van der Waals surface area contributed by atoms with Gasteiger partial charge in [-0.25, -0.2) is 0 Å². The molecule has 0 radical (unpaired) electrons. The molecule has 31 heavy (non-hydrogen) atoms. The summed E-state index contributed by atoms with van der Waals surface area (Å²) in [5, 5.41) is 8.37. The molecule has 176 valence electrons. The van der Waals surface area contributed by atoms with Gasteiger partial charge in [0.05, 0.1) is 12.0 Å². The summed E-state index contributed by atoms with van der Waals surface area (Å²) in [6.07, 6.45) is 1.41. The summed E-state index contributed by atoms with van der Waals surface area (Å²) >= 11 is 6.01. The summed E-state index contributed by atoms with van der Waals surface area (Å²) in [4.78, 5) is 4.75. The third-order valence-electron chi connectivity index (χ3n) is 8.18. The normalized spacial score (nSPS) is 41.2. The van der Waals surface area contributed by atoms with Gasteiger partial charge in [-0.2, -0.15) is 18.4 Å². The summed E-state index contributed by atoms with van der Waals surface area (Å²) < 4.78 is 39.9. The predicted octanol–water partition coefficient (Wildman–Crippen LogP) is 3.36. The van der Waals surface area contributed by atoms with Gasteiger partial charge in [0.2, 0.25) is 0 Å². The van der Waals surface area contributed by atoms with Gasteiger partial charge in [0.15, 0.2) is 0 Å². The molecule has 2 aliphatic heterocycles. The maximum atomic E-state index is 13.3. The van der Waals surface area contributed by atoms with Crippen LogP contribution >= 0.6 is 11.6 Å². The molecular formula is C22H35ClF3N5. The molecule has 2 aliphatic carbocycles. The summed E-state index contributed by atoms with van der Waals surface area (Å²) in [6, 6.07) is 2.87. The number of hydrazine groups is 1. The van der Waals surface area contributed by atoms with E-state index in [2.05, 4.69) is 26.7 Å².